The Morgan fingerprint density at radius 2 is 1.89 bits per heavy atom. The maximum absolute atomic E-state index is 11.4. The first kappa shape index (κ1) is 16.2. The molecule has 0 aromatic rings. The van der Waals surface area contributed by atoms with Crippen molar-refractivity contribution in [3.05, 3.63) is 0 Å². The molecule has 0 radical (unpaired) electrons. The van der Waals surface area contributed by atoms with E-state index >= 15 is 0 Å². The summed E-state index contributed by atoms with van der Waals surface area (Å²) < 4.78 is 4.43. The average Bonchev–Trinajstić information content (AvgIpc) is 2.32. The minimum atomic E-state index is -0.808. The maximum Gasteiger partial charge on any atom is 0.325 e. The van der Waals surface area contributed by atoms with Crippen LogP contribution < -0.4 is 5.32 Å². The lowest BCUT2D eigenvalue weighted by atomic mass is 10.2. The van der Waals surface area contributed by atoms with Crippen LogP contribution in [0.15, 0.2) is 0 Å². The summed E-state index contributed by atoms with van der Waals surface area (Å²) >= 11 is 0. The zero-order chi connectivity index (χ0) is 14.0. The standard InChI is InChI=1S/C11H20N2O5/c1-13(8-10(16)18-2)11(17)12-7-5-3-4-6-9(14)15/h3-8H2,1-2H3,(H,12,17)(H,14,15). The second-order valence-corrected chi connectivity index (χ2v) is 3.87. The SMILES string of the molecule is COC(=O)CN(C)C(=O)NCCCCCC(=O)O. The number of urea groups is 1. The molecule has 0 fully saturated rings. The average molecular weight is 260 g/mol. The van der Waals surface area contributed by atoms with Gasteiger partial charge in [0.15, 0.2) is 0 Å². The molecule has 0 heterocycles. The minimum absolute atomic E-state index is 0.0959. The van der Waals surface area contributed by atoms with E-state index in [1.54, 1.807) is 0 Å². The van der Waals surface area contributed by atoms with Crippen molar-refractivity contribution >= 4 is 18.0 Å². The van der Waals surface area contributed by atoms with E-state index < -0.39 is 11.9 Å². The lowest BCUT2D eigenvalue weighted by molar-refractivity contribution is -0.141. The van der Waals surface area contributed by atoms with E-state index in [1.807, 2.05) is 0 Å². The summed E-state index contributed by atoms with van der Waals surface area (Å²) in [7, 11) is 2.76. The Balaban J connectivity index is 3.58. The number of ether oxygens (including phenoxy) is 1. The highest BCUT2D eigenvalue weighted by Crippen LogP contribution is 1.98. The van der Waals surface area contributed by atoms with E-state index in [-0.39, 0.29) is 19.0 Å². The van der Waals surface area contributed by atoms with Crippen LogP contribution in [0.1, 0.15) is 25.7 Å². The third-order valence-corrected chi connectivity index (χ3v) is 2.28. The molecule has 7 heteroatoms. The number of unbranched alkanes of at least 4 members (excludes halogenated alkanes) is 2. The van der Waals surface area contributed by atoms with Gasteiger partial charge in [0.2, 0.25) is 0 Å². The molecular weight excluding hydrogens is 240 g/mol. The number of esters is 1. The van der Waals surface area contributed by atoms with Crippen molar-refractivity contribution in [2.75, 3.05) is 27.2 Å². The molecule has 0 bridgehead atoms. The fourth-order valence-corrected chi connectivity index (χ4v) is 1.24. The number of nitrogens with one attached hydrogen (secondary N) is 1. The number of methoxy groups -OCH3 is 1. The molecule has 0 saturated heterocycles. The highest BCUT2D eigenvalue weighted by molar-refractivity contribution is 5.80. The van der Waals surface area contributed by atoms with E-state index in [4.69, 9.17) is 5.11 Å². The fourth-order valence-electron chi connectivity index (χ4n) is 1.24. The lowest BCUT2D eigenvalue weighted by Gasteiger charge is -2.16. The Bertz CT molecular complexity index is 293. The first-order valence-electron chi connectivity index (χ1n) is 5.75. The molecule has 2 N–H and O–H groups in total. The number of hydrogen-bond acceptors (Lipinski definition) is 4. The van der Waals surface area contributed by atoms with Crippen molar-refractivity contribution in [3.8, 4) is 0 Å². The molecule has 18 heavy (non-hydrogen) atoms. The number of carboxylic acids is 1. The predicted octanol–water partition coefficient (Wildman–Crippen LogP) is 0.446. The van der Waals surface area contributed by atoms with E-state index in [1.165, 1.54) is 19.1 Å². The monoisotopic (exact) mass is 260 g/mol. The molecule has 7 nitrogen and oxygen atoms in total. The number of hydrogen-bond donors (Lipinski definition) is 2. The van der Waals surface area contributed by atoms with E-state index in [0.29, 0.717) is 19.4 Å². The summed E-state index contributed by atoms with van der Waals surface area (Å²) in [5, 5.41) is 11.0. The van der Waals surface area contributed by atoms with Crippen molar-refractivity contribution in [2.45, 2.75) is 25.7 Å². The minimum Gasteiger partial charge on any atom is -0.481 e. The largest absolute Gasteiger partial charge is 0.481 e. The van der Waals surface area contributed by atoms with Crippen molar-refractivity contribution in [1.82, 2.24) is 10.2 Å². The summed E-state index contributed by atoms with van der Waals surface area (Å²) in [6.07, 6.45) is 2.21. The Labute approximate surface area is 106 Å². The van der Waals surface area contributed by atoms with Gasteiger partial charge in [-0.15, -0.1) is 0 Å². The van der Waals surface area contributed by atoms with Gasteiger partial charge in [-0.2, -0.15) is 0 Å². The second-order valence-electron chi connectivity index (χ2n) is 3.87. The number of carbonyl (C=O) groups is 3. The summed E-state index contributed by atoms with van der Waals surface area (Å²) in [6.45, 7) is 0.366. The first-order valence-corrected chi connectivity index (χ1v) is 5.75. The number of carbonyl (C=O) groups excluding carboxylic acids is 2. The maximum atomic E-state index is 11.4. The molecule has 104 valence electrons. The Kier molecular flexibility index (Phi) is 8.34. The normalized spacial score (nSPS) is 9.67. The topological polar surface area (TPSA) is 95.9 Å². The smallest absolute Gasteiger partial charge is 0.325 e. The predicted molar refractivity (Wildman–Crippen MR) is 64.1 cm³/mol. The van der Waals surface area contributed by atoms with Crippen LogP contribution in [-0.4, -0.2) is 55.2 Å². The quantitative estimate of drug-likeness (QED) is 0.488. The zero-order valence-electron chi connectivity index (χ0n) is 10.8. The number of nitrogens with zero attached hydrogens (tertiary/aromatic N) is 1. The van der Waals surface area contributed by atoms with Crippen molar-refractivity contribution in [2.24, 2.45) is 0 Å². The molecule has 0 unspecified atom stereocenters. The third-order valence-electron chi connectivity index (χ3n) is 2.28. The van der Waals surface area contributed by atoms with Crippen LogP contribution in [0, 0.1) is 0 Å². The number of likely N-dealkylation sites (N-methyl/N-ethyl adjacent to an activating group) is 1. The molecule has 0 aromatic heterocycles. The number of rotatable bonds is 8. The van der Waals surface area contributed by atoms with Crippen molar-refractivity contribution in [1.29, 1.82) is 0 Å². The highest BCUT2D eigenvalue weighted by atomic mass is 16.5. The molecule has 0 aliphatic carbocycles. The Morgan fingerprint density at radius 1 is 1.22 bits per heavy atom. The summed E-state index contributed by atoms with van der Waals surface area (Å²) in [4.78, 5) is 33.8. The van der Waals surface area contributed by atoms with Crippen LogP contribution in [0.5, 0.6) is 0 Å². The van der Waals surface area contributed by atoms with Gasteiger partial charge in [-0.05, 0) is 12.8 Å². The van der Waals surface area contributed by atoms with E-state index in [2.05, 4.69) is 10.1 Å². The van der Waals surface area contributed by atoms with Gasteiger partial charge in [-0.1, -0.05) is 6.42 Å². The highest BCUT2D eigenvalue weighted by Gasteiger charge is 2.11. The second kappa shape index (κ2) is 9.26. The van der Waals surface area contributed by atoms with Gasteiger partial charge >= 0.3 is 18.0 Å². The van der Waals surface area contributed by atoms with Gasteiger partial charge in [-0.3, -0.25) is 9.59 Å². The summed E-state index contributed by atoms with van der Waals surface area (Å²) in [6, 6.07) is -0.348. The number of aliphatic carboxylic acids is 1. The molecule has 0 spiro atoms. The van der Waals surface area contributed by atoms with Gasteiger partial charge in [0.05, 0.1) is 7.11 Å². The summed E-state index contributed by atoms with van der Waals surface area (Å²) in [5.41, 5.74) is 0. The van der Waals surface area contributed by atoms with E-state index in [9.17, 15) is 14.4 Å². The Hall–Kier alpha value is -1.79. The van der Waals surface area contributed by atoms with Crippen molar-refractivity contribution < 1.29 is 24.2 Å². The van der Waals surface area contributed by atoms with Crippen LogP contribution >= 0.6 is 0 Å². The Morgan fingerprint density at radius 3 is 2.44 bits per heavy atom. The lowest BCUT2D eigenvalue weighted by Crippen LogP contribution is -2.40. The van der Waals surface area contributed by atoms with Gasteiger partial charge in [0.25, 0.3) is 0 Å². The first-order chi connectivity index (χ1) is 8.47. The van der Waals surface area contributed by atoms with Gasteiger partial charge in [0.1, 0.15) is 6.54 Å². The molecule has 0 rings (SSSR count). The zero-order valence-corrected chi connectivity index (χ0v) is 10.8. The summed E-state index contributed by atoms with van der Waals surface area (Å²) in [5.74, 6) is -1.29. The molecule has 0 atom stereocenters. The third kappa shape index (κ3) is 8.37. The van der Waals surface area contributed by atoms with Crippen LogP contribution in [-0.2, 0) is 14.3 Å². The molecule has 0 saturated carbocycles. The van der Waals surface area contributed by atoms with Crippen LogP contribution in [0.4, 0.5) is 4.79 Å². The van der Waals surface area contributed by atoms with E-state index in [0.717, 1.165) is 6.42 Å². The van der Waals surface area contributed by atoms with Gasteiger partial charge in [-0.25, -0.2) is 4.79 Å². The van der Waals surface area contributed by atoms with Gasteiger partial charge < -0.3 is 20.1 Å². The molecule has 0 aliphatic heterocycles. The molecule has 2 amide bonds. The fraction of sp³-hybridized carbons (Fsp3) is 0.727. The molecule has 0 aromatic carbocycles. The van der Waals surface area contributed by atoms with Crippen LogP contribution in [0.2, 0.25) is 0 Å². The van der Waals surface area contributed by atoms with Gasteiger partial charge in [0, 0.05) is 20.0 Å². The van der Waals surface area contributed by atoms with Crippen LogP contribution in [0.3, 0.4) is 0 Å². The van der Waals surface area contributed by atoms with Crippen molar-refractivity contribution in [3.63, 3.8) is 0 Å². The molecular formula is C11H20N2O5. The number of carboxylic acid groups (broad SMARTS) is 1. The van der Waals surface area contributed by atoms with Crippen LogP contribution in [0.25, 0.3) is 0 Å². The molecule has 0 aliphatic rings. The number of amides is 2.